The summed E-state index contributed by atoms with van der Waals surface area (Å²) in [6.07, 6.45) is 1.75. The van der Waals surface area contributed by atoms with E-state index in [-0.39, 0.29) is 36.5 Å². The Hall–Kier alpha value is -2.48. The maximum absolute atomic E-state index is 13.3. The van der Waals surface area contributed by atoms with Crippen LogP contribution in [-0.2, 0) is 16.0 Å². The molecule has 0 spiro atoms. The van der Waals surface area contributed by atoms with Crippen LogP contribution in [0.25, 0.3) is 0 Å². The zero-order valence-electron chi connectivity index (χ0n) is 15.6. The van der Waals surface area contributed by atoms with E-state index in [4.69, 9.17) is 0 Å². The second-order valence-electron chi connectivity index (χ2n) is 7.41. The van der Waals surface area contributed by atoms with Gasteiger partial charge in [-0.1, -0.05) is 12.1 Å². The number of carbonyl (C=O) groups excluding carboxylic acids is 3. The molecule has 0 bridgehead atoms. The lowest BCUT2D eigenvalue weighted by atomic mass is 9.74. The molecule has 27 heavy (non-hydrogen) atoms. The van der Waals surface area contributed by atoms with Crippen LogP contribution in [0.15, 0.2) is 24.3 Å². The molecule has 2 aliphatic rings. The van der Waals surface area contributed by atoms with Crippen molar-refractivity contribution in [1.82, 2.24) is 20.4 Å². The fraction of sp³-hybridized carbons (Fsp3) is 0.526. The first-order valence-electron chi connectivity index (χ1n) is 9.13. The number of hydrogen-bond donors (Lipinski definition) is 2. The summed E-state index contributed by atoms with van der Waals surface area (Å²) in [5.41, 5.74) is -0.340. The van der Waals surface area contributed by atoms with E-state index in [2.05, 4.69) is 10.6 Å². The molecular weight excluding hydrogens is 351 g/mol. The van der Waals surface area contributed by atoms with Crippen LogP contribution in [0, 0.1) is 11.7 Å². The van der Waals surface area contributed by atoms with Gasteiger partial charge in [0, 0.05) is 20.5 Å². The van der Waals surface area contributed by atoms with Gasteiger partial charge in [-0.05, 0) is 49.5 Å². The minimum atomic E-state index is -1.11. The zero-order chi connectivity index (χ0) is 19.6. The molecule has 1 unspecified atom stereocenters. The zero-order valence-corrected chi connectivity index (χ0v) is 15.6. The Morgan fingerprint density at radius 2 is 1.85 bits per heavy atom. The molecule has 0 radical (unpaired) electrons. The Morgan fingerprint density at radius 1 is 1.22 bits per heavy atom. The molecule has 146 valence electrons. The van der Waals surface area contributed by atoms with Crippen molar-refractivity contribution in [2.45, 2.75) is 24.8 Å². The average Bonchev–Trinajstić information content (AvgIpc) is 2.89. The molecule has 2 aliphatic heterocycles. The van der Waals surface area contributed by atoms with Gasteiger partial charge in [-0.25, -0.2) is 9.18 Å². The van der Waals surface area contributed by atoms with Crippen LogP contribution in [-0.4, -0.2) is 66.9 Å². The standard InChI is InChI=1S/C19H25FN4O3/c1-23(2)16(25)12-24-17(26)19(22-18(24)27,14-7-9-21-10-8-14)11-13-3-5-15(20)6-4-13/h3-6,14,21H,7-12H2,1-2H3,(H,22,27). The number of carbonyl (C=O) groups is 3. The van der Waals surface area contributed by atoms with Gasteiger partial charge in [-0.3, -0.25) is 14.5 Å². The lowest BCUT2D eigenvalue weighted by Crippen LogP contribution is -2.57. The predicted octanol–water partition coefficient (Wildman–Crippen LogP) is 0.747. The van der Waals surface area contributed by atoms with Crippen LogP contribution in [0.2, 0.25) is 0 Å². The summed E-state index contributed by atoms with van der Waals surface area (Å²) in [5.74, 6) is -1.10. The van der Waals surface area contributed by atoms with E-state index >= 15 is 0 Å². The summed E-state index contributed by atoms with van der Waals surface area (Å²) in [6.45, 7) is 1.24. The van der Waals surface area contributed by atoms with Crippen molar-refractivity contribution in [3.05, 3.63) is 35.6 Å². The minimum absolute atomic E-state index is 0.0558. The first kappa shape index (κ1) is 19.3. The van der Waals surface area contributed by atoms with E-state index in [9.17, 15) is 18.8 Å². The molecule has 2 N–H and O–H groups in total. The molecule has 3 rings (SSSR count). The van der Waals surface area contributed by atoms with Gasteiger partial charge in [0.05, 0.1) is 0 Å². The lowest BCUT2D eigenvalue weighted by molar-refractivity contribution is -0.139. The number of piperidine rings is 1. The molecule has 7 nitrogen and oxygen atoms in total. The van der Waals surface area contributed by atoms with Gasteiger partial charge < -0.3 is 15.5 Å². The Bertz CT molecular complexity index is 731. The summed E-state index contributed by atoms with van der Waals surface area (Å²) in [4.78, 5) is 40.4. The number of nitrogens with one attached hydrogen (secondary N) is 2. The topological polar surface area (TPSA) is 81.8 Å². The SMILES string of the molecule is CN(C)C(=O)CN1C(=O)NC(Cc2ccc(F)cc2)(C2CCNCC2)C1=O. The molecule has 2 heterocycles. The number of hydrogen-bond acceptors (Lipinski definition) is 4. The highest BCUT2D eigenvalue weighted by molar-refractivity contribution is 6.09. The number of imide groups is 1. The molecule has 4 amide bonds. The molecule has 8 heteroatoms. The largest absolute Gasteiger partial charge is 0.347 e. The predicted molar refractivity (Wildman–Crippen MR) is 97.4 cm³/mol. The van der Waals surface area contributed by atoms with Crippen LogP contribution < -0.4 is 10.6 Å². The van der Waals surface area contributed by atoms with Crippen molar-refractivity contribution in [3.63, 3.8) is 0 Å². The fourth-order valence-electron chi connectivity index (χ4n) is 3.84. The third-order valence-electron chi connectivity index (χ3n) is 5.43. The summed E-state index contributed by atoms with van der Waals surface area (Å²) in [5, 5.41) is 6.15. The summed E-state index contributed by atoms with van der Waals surface area (Å²) >= 11 is 0. The number of nitrogens with zero attached hydrogens (tertiary/aromatic N) is 2. The van der Waals surface area contributed by atoms with Crippen LogP contribution in [0.3, 0.4) is 0 Å². The first-order chi connectivity index (χ1) is 12.8. The third kappa shape index (κ3) is 3.80. The Morgan fingerprint density at radius 3 is 2.44 bits per heavy atom. The second kappa shape index (κ2) is 7.64. The highest BCUT2D eigenvalue weighted by atomic mass is 19.1. The van der Waals surface area contributed by atoms with Crippen LogP contribution in [0.4, 0.5) is 9.18 Å². The summed E-state index contributed by atoms with van der Waals surface area (Å²) < 4.78 is 13.3. The molecule has 1 aromatic rings. The third-order valence-corrected chi connectivity index (χ3v) is 5.43. The maximum Gasteiger partial charge on any atom is 0.325 e. The summed E-state index contributed by atoms with van der Waals surface area (Å²) in [7, 11) is 3.17. The lowest BCUT2D eigenvalue weighted by Gasteiger charge is -2.38. The molecule has 2 fully saturated rings. The van der Waals surface area contributed by atoms with Crippen molar-refractivity contribution in [2.75, 3.05) is 33.7 Å². The van der Waals surface area contributed by atoms with Crippen molar-refractivity contribution >= 4 is 17.8 Å². The highest BCUT2D eigenvalue weighted by Gasteiger charge is 2.55. The van der Waals surface area contributed by atoms with Crippen molar-refractivity contribution in [3.8, 4) is 0 Å². The molecule has 0 saturated carbocycles. The van der Waals surface area contributed by atoms with Gasteiger partial charge in [-0.2, -0.15) is 0 Å². The van der Waals surface area contributed by atoms with E-state index in [1.807, 2.05) is 0 Å². The number of halogens is 1. The van der Waals surface area contributed by atoms with Crippen LogP contribution >= 0.6 is 0 Å². The number of amides is 4. The van der Waals surface area contributed by atoms with Crippen molar-refractivity contribution < 1.29 is 18.8 Å². The van der Waals surface area contributed by atoms with E-state index in [0.29, 0.717) is 0 Å². The smallest absolute Gasteiger partial charge is 0.325 e. The molecule has 0 aliphatic carbocycles. The molecule has 0 aromatic heterocycles. The number of rotatable bonds is 5. The van der Waals surface area contributed by atoms with Gasteiger partial charge in [0.15, 0.2) is 0 Å². The van der Waals surface area contributed by atoms with E-state index in [0.717, 1.165) is 36.4 Å². The van der Waals surface area contributed by atoms with Gasteiger partial charge in [0.25, 0.3) is 5.91 Å². The van der Waals surface area contributed by atoms with Crippen LogP contribution in [0.1, 0.15) is 18.4 Å². The van der Waals surface area contributed by atoms with E-state index < -0.39 is 11.6 Å². The monoisotopic (exact) mass is 376 g/mol. The first-order valence-corrected chi connectivity index (χ1v) is 9.13. The Labute approximate surface area is 157 Å². The van der Waals surface area contributed by atoms with Crippen molar-refractivity contribution in [2.24, 2.45) is 5.92 Å². The average molecular weight is 376 g/mol. The van der Waals surface area contributed by atoms with Gasteiger partial charge in [-0.15, -0.1) is 0 Å². The minimum Gasteiger partial charge on any atom is -0.347 e. The van der Waals surface area contributed by atoms with Gasteiger partial charge in [0.1, 0.15) is 17.9 Å². The molecule has 2 saturated heterocycles. The molecule has 1 atom stereocenters. The van der Waals surface area contributed by atoms with E-state index in [1.165, 1.54) is 17.0 Å². The maximum atomic E-state index is 13.3. The normalized spacial score (nSPS) is 23.4. The fourth-order valence-corrected chi connectivity index (χ4v) is 3.84. The van der Waals surface area contributed by atoms with E-state index in [1.54, 1.807) is 26.2 Å². The quantitative estimate of drug-likeness (QED) is 0.743. The Kier molecular flexibility index (Phi) is 5.46. The van der Waals surface area contributed by atoms with Gasteiger partial charge in [0.2, 0.25) is 5.91 Å². The van der Waals surface area contributed by atoms with Crippen LogP contribution in [0.5, 0.6) is 0 Å². The molecule has 1 aromatic carbocycles. The Balaban J connectivity index is 1.92. The number of urea groups is 1. The second-order valence-corrected chi connectivity index (χ2v) is 7.41. The number of likely N-dealkylation sites (N-methyl/N-ethyl adjacent to an activating group) is 1. The highest BCUT2D eigenvalue weighted by Crippen LogP contribution is 2.35. The summed E-state index contributed by atoms with van der Waals surface area (Å²) in [6, 6.07) is 5.41. The molecular formula is C19H25FN4O3. The van der Waals surface area contributed by atoms with Gasteiger partial charge >= 0.3 is 6.03 Å². The number of benzene rings is 1. The van der Waals surface area contributed by atoms with Crippen molar-refractivity contribution in [1.29, 1.82) is 0 Å².